The SMILES string of the molecule is Cc1ccc2cnc(N)c(N=Nc3ccc(-c4nccs4)nc3)c2c1. The van der Waals surface area contributed by atoms with Gasteiger partial charge in [0, 0.05) is 28.5 Å². The standard InChI is InChI=1S/C18H14N6S/c1-11-2-3-12-9-22-17(19)16(14(12)8-11)24-23-13-4-5-15(21-10-13)18-20-6-7-25-18/h2-10H,1H3,(H2,19,22). The second kappa shape index (κ2) is 6.37. The fraction of sp³-hybridized carbons (Fsp3) is 0.0556. The average Bonchev–Trinajstić information content (AvgIpc) is 3.16. The molecule has 0 spiro atoms. The molecule has 6 nitrogen and oxygen atoms in total. The van der Waals surface area contributed by atoms with Gasteiger partial charge in [0.05, 0.1) is 11.9 Å². The molecule has 4 aromatic rings. The average molecular weight is 346 g/mol. The van der Waals surface area contributed by atoms with Gasteiger partial charge in [0.25, 0.3) is 0 Å². The summed E-state index contributed by atoms with van der Waals surface area (Å²) in [4.78, 5) is 12.8. The smallest absolute Gasteiger partial charge is 0.151 e. The third kappa shape index (κ3) is 3.09. The number of benzene rings is 1. The molecule has 3 aromatic heterocycles. The molecule has 0 unspecified atom stereocenters. The molecule has 0 atom stereocenters. The number of thiazole rings is 1. The molecular weight excluding hydrogens is 332 g/mol. The largest absolute Gasteiger partial charge is 0.382 e. The molecule has 0 saturated carbocycles. The Kier molecular flexibility index (Phi) is 3.91. The maximum absolute atomic E-state index is 6.00. The lowest BCUT2D eigenvalue weighted by molar-refractivity contribution is 1.19. The number of fused-ring (bicyclic) bond motifs is 1. The van der Waals surface area contributed by atoms with Crippen LogP contribution in [0.5, 0.6) is 0 Å². The number of hydrogen-bond acceptors (Lipinski definition) is 7. The van der Waals surface area contributed by atoms with Crippen molar-refractivity contribution in [2.24, 2.45) is 10.2 Å². The van der Waals surface area contributed by atoms with Crippen molar-refractivity contribution < 1.29 is 0 Å². The van der Waals surface area contributed by atoms with Gasteiger partial charge < -0.3 is 5.73 Å². The first-order chi connectivity index (χ1) is 12.2. The molecular formula is C18H14N6S. The second-order valence-electron chi connectivity index (χ2n) is 5.52. The highest BCUT2D eigenvalue weighted by atomic mass is 32.1. The third-order valence-corrected chi connectivity index (χ3v) is 4.51. The maximum atomic E-state index is 6.00. The van der Waals surface area contributed by atoms with Gasteiger partial charge in [-0.05, 0) is 25.1 Å². The Morgan fingerprint density at radius 2 is 1.92 bits per heavy atom. The minimum atomic E-state index is 0.356. The quantitative estimate of drug-likeness (QED) is 0.525. The molecule has 4 rings (SSSR count). The van der Waals surface area contributed by atoms with Gasteiger partial charge in [-0.25, -0.2) is 9.97 Å². The number of pyridine rings is 2. The van der Waals surface area contributed by atoms with Crippen molar-refractivity contribution in [3.63, 3.8) is 0 Å². The molecule has 0 radical (unpaired) electrons. The number of azo groups is 1. The van der Waals surface area contributed by atoms with Crippen LogP contribution in [-0.2, 0) is 0 Å². The lowest BCUT2D eigenvalue weighted by atomic mass is 10.1. The summed E-state index contributed by atoms with van der Waals surface area (Å²) < 4.78 is 0. The van der Waals surface area contributed by atoms with Gasteiger partial charge in [-0.15, -0.1) is 21.6 Å². The van der Waals surface area contributed by atoms with Crippen LogP contribution in [0.15, 0.2) is 64.5 Å². The monoisotopic (exact) mass is 346 g/mol. The summed E-state index contributed by atoms with van der Waals surface area (Å²) in [7, 11) is 0. The zero-order valence-electron chi connectivity index (χ0n) is 13.4. The Morgan fingerprint density at radius 3 is 2.68 bits per heavy atom. The van der Waals surface area contributed by atoms with E-state index >= 15 is 0 Å². The van der Waals surface area contributed by atoms with E-state index in [1.54, 1.807) is 29.9 Å². The summed E-state index contributed by atoms with van der Waals surface area (Å²) in [5.41, 5.74) is 9.16. The summed E-state index contributed by atoms with van der Waals surface area (Å²) in [5.74, 6) is 0.356. The molecule has 0 amide bonds. The first kappa shape index (κ1) is 15.3. The van der Waals surface area contributed by atoms with Crippen molar-refractivity contribution in [1.29, 1.82) is 0 Å². The van der Waals surface area contributed by atoms with Crippen molar-refractivity contribution in [3.8, 4) is 10.7 Å². The molecule has 1 aromatic carbocycles. The third-order valence-electron chi connectivity index (χ3n) is 3.71. The van der Waals surface area contributed by atoms with Crippen molar-refractivity contribution in [1.82, 2.24) is 15.0 Å². The maximum Gasteiger partial charge on any atom is 0.151 e. The van der Waals surface area contributed by atoms with Crippen LogP contribution in [0.2, 0.25) is 0 Å². The summed E-state index contributed by atoms with van der Waals surface area (Å²) >= 11 is 1.54. The highest BCUT2D eigenvalue weighted by Gasteiger charge is 2.07. The number of nitrogens with two attached hydrogens (primary N) is 1. The van der Waals surface area contributed by atoms with Gasteiger partial charge in [-0.3, -0.25) is 4.98 Å². The molecule has 122 valence electrons. The van der Waals surface area contributed by atoms with E-state index in [9.17, 15) is 0 Å². The van der Waals surface area contributed by atoms with Crippen molar-refractivity contribution in [3.05, 3.63) is 59.9 Å². The highest BCUT2D eigenvalue weighted by Crippen LogP contribution is 2.32. The lowest BCUT2D eigenvalue weighted by Gasteiger charge is -2.05. The van der Waals surface area contributed by atoms with Crippen molar-refractivity contribution in [2.75, 3.05) is 5.73 Å². The van der Waals surface area contributed by atoms with E-state index < -0.39 is 0 Å². The Hall–Kier alpha value is -3.19. The number of anilines is 1. The van der Waals surface area contributed by atoms with Crippen LogP contribution in [-0.4, -0.2) is 15.0 Å². The lowest BCUT2D eigenvalue weighted by Crippen LogP contribution is -1.91. The van der Waals surface area contributed by atoms with E-state index in [1.807, 2.05) is 42.6 Å². The Labute approximate surface area is 148 Å². The van der Waals surface area contributed by atoms with E-state index in [1.165, 1.54) is 0 Å². The molecule has 25 heavy (non-hydrogen) atoms. The molecule has 2 N–H and O–H groups in total. The number of nitrogens with zero attached hydrogens (tertiary/aromatic N) is 5. The molecule has 0 fully saturated rings. The molecule has 0 saturated heterocycles. The summed E-state index contributed by atoms with van der Waals surface area (Å²) in [6, 6.07) is 9.80. The van der Waals surface area contributed by atoms with Gasteiger partial charge in [-0.1, -0.05) is 17.7 Å². The fourth-order valence-electron chi connectivity index (χ4n) is 2.46. The van der Waals surface area contributed by atoms with Crippen molar-refractivity contribution >= 4 is 39.3 Å². The zero-order chi connectivity index (χ0) is 17.2. The van der Waals surface area contributed by atoms with Crippen LogP contribution in [0.3, 0.4) is 0 Å². The van der Waals surface area contributed by atoms with Gasteiger partial charge >= 0.3 is 0 Å². The second-order valence-corrected chi connectivity index (χ2v) is 6.42. The summed E-state index contributed by atoms with van der Waals surface area (Å²) in [5, 5.41) is 13.3. The minimum Gasteiger partial charge on any atom is -0.382 e. The molecule has 0 aliphatic carbocycles. The molecule has 0 aliphatic rings. The molecule has 3 heterocycles. The van der Waals surface area contributed by atoms with Crippen LogP contribution >= 0.6 is 11.3 Å². The van der Waals surface area contributed by atoms with E-state index in [2.05, 4.69) is 25.2 Å². The topological polar surface area (TPSA) is 89.4 Å². The number of aromatic nitrogens is 3. The predicted molar refractivity (Wildman–Crippen MR) is 100 cm³/mol. The number of rotatable bonds is 3. The normalized spacial score (nSPS) is 11.4. The number of nitrogen functional groups attached to an aromatic ring is 1. The molecule has 7 heteroatoms. The first-order valence-electron chi connectivity index (χ1n) is 7.63. The predicted octanol–water partition coefficient (Wildman–Crippen LogP) is 5.06. The Balaban J connectivity index is 1.69. The highest BCUT2D eigenvalue weighted by molar-refractivity contribution is 7.13. The number of aryl methyl sites for hydroxylation is 1. The summed E-state index contributed by atoms with van der Waals surface area (Å²) in [6.45, 7) is 2.03. The van der Waals surface area contributed by atoms with E-state index in [-0.39, 0.29) is 0 Å². The fourth-order valence-corrected chi connectivity index (χ4v) is 3.07. The Morgan fingerprint density at radius 1 is 1.00 bits per heavy atom. The van der Waals surface area contributed by atoms with Gasteiger partial charge in [0.15, 0.2) is 5.82 Å². The van der Waals surface area contributed by atoms with Crippen LogP contribution in [0, 0.1) is 6.92 Å². The number of hydrogen-bond donors (Lipinski definition) is 1. The zero-order valence-corrected chi connectivity index (χ0v) is 14.2. The van der Waals surface area contributed by atoms with E-state index in [0.717, 1.165) is 27.0 Å². The Bertz CT molecular complexity index is 1050. The van der Waals surface area contributed by atoms with Gasteiger partial charge in [0.1, 0.15) is 16.4 Å². The van der Waals surface area contributed by atoms with Gasteiger partial charge in [-0.2, -0.15) is 0 Å². The first-order valence-corrected chi connectivity index (χ1v) is 8.51. The van der Waals surface area contributed by atoms with Gasteiger partial charge in [0.2, 0.25) is 0 Å². The molecule has 0 bridgehead atoms. The molecule has 0 aliphatic heterocycles. The van der Waals surface area contributed by atoms with Crippen LogP contribution < -0.4 is 5.73 Å². The summed E-state index contributed by atoms with van der Waals surface area (Å²) in [6.07, 6.45) is 5.17. The van der Waals surface area contributed by atoms with Crippen LogP contribution in [0.1, 0.15) is 5.56 Å². The van der Waals surface area contributed by atoms with Crippen LogP contribution in [0.25, 0.3) is 21.5 Å². The van der Waals surface area contributed by atoms with Crippen molar-refractivity contribution in [2.45, 2.75) is 6.92 Å². The van der Waals surface area contributed by atoms with E-state index in [0.29, 0.717) is 17.2 Å². The van der Waals surface area contributed by atoms with E-state index in [4.69, 9.17) is 5.73 Å². The van der Waals surface area contributed by atoms with Crippen LogP contribution in [0.4, 0.5) is 17.2 Å². The minimum absolute atomic E-state index is 0.356.